The molecule has 0 amide bonds. The first-order valence-corrected chi connectivity index (χ1v) is 4.98. The molecule has 0 aliphatic heterocycles. The summed E-state index contributed by atoms with van der Waals surface area (Å²) < 4.78 is 0. The largest absolute Gasteiger partial charge is 0.396 e. The van der Waals surface area contributed by atoms with Gasteiger partial charge >= 0.3 is 0 Å². The van der Waals surface area contributed by atoms with Gasteiger partial charge in [0.2, 0.25) is 0 Å². The molecular weight excluding hydrogens is 136 g/mol. The predicted octanol–water partition coefficient (Wildman–Crippen LogP) is 1.80. The molecule has 0 radical (unpaired) electrons. The number of aliphatic hydroxyl groups is 1. The van der Waals surface area contributed by atoms with E-state index < -0.39 is 0 Å². The molecule has 0 unspecified atom stereocenters. The molecule has 1 heteroatoms. The van der Waals surface area contributed by atoms with E-state index in [4.69, 9.17) is 0 Å². The lowest BCUT2D eigenvalue weighted by molar-refractivity contribution is 0.110. The standard InChI is InChI=1S/C10H16O/c11-6-9-7-1-2-8(5-7)10(9)3-4-10/h7-9,11H,1-6H2/t7-,8+,9-/m0/s1. The van der Waals surface area contributed by atoms with Crippen molar-refractivity contribution < 1.29 is 5.11 Å². The number of fused-ring (bicyclic) bond motifs is 3. The lowest BCUT2D eigenvalue weighted by Gasteiger charge is -2.29. The zero-order valence-corrected chi connectivity index (χ0v) is 6.92. The second-order valence-electron chi connectivity index (χ2n) is 4.79. The Bertz CT molecular complexity index is 183. The molecule has 2 bridgehead atoms. The molecule has 0 aromatic carbocycles. The molecule has 0 saturated heterocycles. The van der Waals surface area contributed by atoms with Crippen LogP contribution in [-0.4, -0.2) is 11.7 Å². The van der Waals surface area contributed by atoms with Gasteiger partial charge in [0.15, 0.2) is 0 Å². The Hall–Kier alpha value is -0.0400. The summed E-state index contributed by atoms with van der Waals surface area (Å²) in [6.45, 7) is 0.473. The molecule has 11 heavy (non-hydrogen) atoms. The van der Waals surface area contributed by atoms with Crippen LogP contribution in [0.3, 0.4) is 0 Å². The first-order chi connectivity index (χ1) is 5.37. The lowest BCUT2D eigenvalue weighted by Crippen LogP contribution is -2.26. The summed E-state index contributed by atoms with van der Waals surface area (Å²) in [5.74, 6) is 2.64. The van der Waals surface area contributed by atoms with Crippen LogP contribution in [0.5, 0.6) is 0 Å². The third-order valence-corrected chi connectivity index (χ3v) is 4.62. The van der Waals surface area contributed by atoms with E-state index in [1.165, 1.54) is 32.1 Å². The molecule has 62 valence electrons. The number of hydrogen-bond donors (Lipinski definition) is 1. The molecule has 3 aliphatic carbocycles. The Kier molecular flexibility index (Phi) is 1.07. The topological polar surface area (TPSA) is 20.2 Å². The number of aliphatic hydroxyl groups excluding tert-OH is 1. The highest BCUT2D eigenvalue weighted by molar-refractivity contribution is 5.12. The van der Waals surface area contributed by atoms with E-state index in [1.807, 2.05) is 0 Å². The third kappa shape index (κ3) is 0.618. The summed E-state index contributed by atoms with van der Waals surface area (Å²) in [6.07, 6.45) is 7.20. The summed E-state index contributed by atoms with van der Waals surface area (Å²) in [5, 5.41) is 9.26. The summed E-state index contributed by atoms with van der Waals surface area (Å²) in [6, 6.07) is 0. The van der Waals surface area contributed by atoms with Crippen molar-refractivity contribution >= 4 is 0 Å². The van der Waals surface area contributed by atoms with Gasteiger partial charge in [-0.3, -0.25) is 0 Å². The van der Waals surface area contributed by atoms with Gasteiger partial charge < -0.3 is 5.11 Å². The van der Waals surface area contributed by atoms with Gasteiger partial charge in [-0.1, -0.05) is 0 Å². The summed E-state index contributed by atoms with van der Waals surface area (Å²) in [5.41, 5.74) is 0.678. The smallest absolute Gasteiger partial charge is 0.0467 e. The Morgan fingerprint density at radius 3 is 2.64 bits per heavy atom. The van der Waals surface area contributed by atoms with Crippen molar-refractivity contribution in [2.45, 2.75) is 32.1 Å². The van der Waals surface area contributed by atoms with Gasteiger partial charge in [0, 0.05) is 6.61 Å². The number of hydrogen-bond acceptors (Lipinski definition) is 1. The minimum Gasteiger partial charge on any atom is -0.396 e. The Labute approximate surface area is 67.8 Å². The highest BCUT2D eigenvalue weighted by Crippen LogP contribution is 2.71. The SMILES string of the molecule is OC[C@H]1[C@H]2CC[C@H](C2)C12CC2. The molecule has 0 heterocycles. The van der Waals surface area contributed by atoms with Gasteiger partial charge in [0.1, 0.15) is 0 Å². The van der Waals surface area contributed by atoms with Crippen molar-refractivity contribution in [2.75, 3.05) is 6.61 Å². The summed E-state index contributed by atoms with van der Waals surface area (Å²) in [4.78, 5) is 0. The van der Waals surface area contributed by atoms with Crippen molar-refractivity contribution in [2.24, 2.45) is 23.2 Å². The highest BCUT2D eigenvalue weighted by Gasteiger charge is 2.63. The number of rotatable bonds is 1. The van der Waals surface area contributed by atoms with Crippen LogP contribution in [0.2, 0.25) is 0 Å². The Morgan fingerprint density at radius 1 is 1.27 bits per heavy atom. The fourth-order valence-electron chi connectivity index (χ4n) is 3.93. The quantitative estimate of drug-likeness (QED) is 0.607. The van der Waals surface area contributed by atoms with E-state index in [-0.39, 0.29) is 0 Å². The van der Waals surface area contributed by atoms with E-state index in [0.717, 1.165) is 11.8 Å². The molecule has 1 nitrogen and oxygen atoms in total. The second-order valence-corrected chi connectivity index (χ2v) is 4.79. The fourth-order valence-corrected chi connectivity index (χ4v) is 3.93. The van der Waals surface area contributed by atoms with E-state index in [9.17, 15) is 5.11 Å². The van der Waals surface area contributed by atoms with Crippen molar-refractivity contribution in [1.29, 1.82) is 0 Å². The van der Waals surface area contributed by atoms with Crippen molar-refractivity contribution in [3.8, 4) is 0 Å². The lowest BCUT2D eigenvalue weighted by atomic mass is 9.77. The maximum Gasteiger partial charge on any atom is 0.0467 e. The van der Waals surface area contributed by atoms with Gasteiger partial charge in [-0.2, -0.15) is 0 Å². The molecule has 3 atom stereocenters. The molecule has 0 aromatic rings. The fraction of sp³-hybridized carbons (Fsp3) is 1.00. The first-order valence-electron chi connectivity index (χ1n) is 4.98. The molecular formula is C10H16O. The van der Waals surface area contributed by atoms with Gasteiger partial charge in [-0.15, -0.1) is 0 Å². The second kappa shape index (κ2) is 1.82. The van der Waals surface area contributed by atoms with Gasteiger partial charge in [-0.25, -0.2) is 0 Å². The van der Waals surface area contributed by atoms with Crippen LogP contribution in [-0.2, 0) is 0 Å². The highest BCUT2D eigenvalue weighted by atomic mass is 16.3. The van der Waals surface area contributed by atoms with Crippen molar-refractivity contribution in [1.82, 2.24) is 0 Å². The Balaban J connectivity index is 1.93. The van der Waals surface area contributed by atoms with Gasteiger partial charge in [0.05, 0.1) is 0 Å². The summed E-state index contributed by atoms with van der Waals surface area (Å²) in [7, 11) is 0. The van der Waals surface area contributed by atoms with Crippen LogP contribution >= 0.6 is 0 Å². The van der Waals surface area contributed by atoms with E-state index >= 15 is 0 Å². The van der Waals surface area contributed by atoms with Crippen LogP contribution < -0.4 is 0 Å². The minimum atomic E-state index is 0.473. The maximum atomic E-state index is 9.26. The predicted molar refractivity (Wildman–Crippen MR) is 43.1 cm³/mol. The monoisotopic (exact) mass is 152 g/mol. The minimum absolute atomic E-state index is 0.473. The molecule has 3 rings (SSSR count). The normalized spacial score (nSPS) is 50.5. The van der Waals surface area contributed by atoms with Crippen LogP contribution in [0, 0.1) is 23.2 Å². The van der Waals surface area contributed by atoms with Gasteiger partial charge in [0.25, 0.3) is 0 Å². The van der Waals surface area contributed by atoms with Crippen LogP contribution in [0.1, 0.15) is 32.1 Å². The van der Waals surface area contributed by atoms with Crippen LogP contribution in [0.4, 0.5) is 0 Å². The molecule has 0 aromatic heterocycles. The van der Waals surface area contributed by atoms with E-state index in [0.29, 0.717) is 17.9 Å². The zero-order valence-electron chi connectivity index (χ0n) is 6.92. The average molecular weight is 152 g/mol. The van der Waals surface area contributed by atoms with Crippen LogP contribution in [0.15, 0.2) is 0 Å². The van der Waals surface area contributed by atoms with E-state index in [1.54, 1.807) is 0 Å². The zero-order chi connectivity index (χ0) is 7.47. The maximum absolute atomic E-state index is 9.26. The average Bonchev–Trinajstić information content (AvgIpc) is 2.58. The van der Waals surface area contributed by atoms with Crippen molar-refractivity contribution in [3.05, 3.63) is 0 Å². The first kappa shape index (κ1) is 6.47. The van der Waals surface area contributed by atoms with Crippen molar-refractivity contribution in [3.63, 3.8) is 0 Å². The molecule has 3 aliphatic rings. The molecule has 3 saturated carbocycles. The Morgan fingerprint density at radius 2 is 2.09 bits per heavy atom. The van der Waals surface area contributed by atoms with Crippen LogP contribution in [0.25, 0.3) is 0 Å². The summed E-state index contributed by atoms with van der Waals surface area (Å²) >= 11 is 0. The van der Waals surface area contributed by atoms with E-state index in [2.05, 4.69) is 0 Å². The molecule has 3 fully saturated rings. The van der Waals surface area contributed by atoms with Gasteiger partial charge in [-0.05, 0) is 55.3 Å². The third-order valence-electron chi connectivity index (χ3n) is 4.62. The molecule has 1 N–H and O–H groups in total. The molecule has 1 spiro atoms.